The molecule has 0 unspecified atom stereocenters. The van der Waals surface area contributed by atoms with Crippen LogP contribution in [-0.2, 0) is 14.3 Å². The molecule has 5 nitrogen and oxygen atoms in total. The number of hydrogen-bond donors (Lipinski definition) is 0. The predicted octanol–water partition coefficient (Wildman–Crippen LogP) is 0.882. The van der Waals surface area contributed by atoms with Gasteiger partial charge in [0.05, 0.1) is 6.10 Å². The van der Waals surface area contributed by atoms with Crippen molar-refractivity contribution in [2.45, 2.75) is 38.7 Å². The highest BCUT2D eigenvalue weighted by Gasteiger charge is 2.32. The molecule has 0 N–H and O–H groups in total. The summed E-state index contributed by atoms with van der Waals surface area (Å²) in [6.07, 6.45) is 3.45. The van der Waals surface area contributed by atoms with Crippen molar-refractivity contribution in [2.75, 3.05) is 33.3 Å². The van der Waals surface area contributed by atoms with Crippen LogP contribution in [0.2, 0.25) is 0 Å². The lowest BCUT2D eigenvalue weighted by molar-refractivity contribution is -0.145. The van der Waals surface area contributed by atoms with Crippen LogP contribution < -0.4 is 0 Å². The number of hydrogen-bond acceptors (Lipinski definition) is 3. The maximum atomic E-state index is 12.5. The average molecular weight is 268 g/mol. The minimum Gasteiger partial charge on any atom is -0.376 e. The highest BCUT2D eigenvalue weighted by Crippen LogP contribution is 2.21. The van der Waals surface area contributed by atoms with E-state index in [1.165, 1.54) is 0 Å². The number of rotatable bonds is 4. The van der Waals surface area contributed by atoms with Gasteiger partial charge in [-0.05, 0) is 26.2 Å². The highest BCUT2D eigenvalue weighted by atomic mass is 16.5. The maximum absolute atomic E-state index is 12.5. The third-order valence-corrected chi connectivity index (χ3v) is 4.15. The van der Waals surface area contributed by atoms with Gasteiger partial charge in [0.25, 0.3) is 0 Å². The molecule has 2 atom stereocenters. The van der Waals surface area contributed by atoms with Gasteiger partial charge in [0.2, 0.25) is 11.8 Å². The van der Waals surface area contributed by atoms with E-state index in [1.54, 1.807) is 11.9 Å². The lowest BCUT2D eigenvalue weighted by atomic mass is 9.95. The summed E-state index contributed by atoms with van der Waals surface area (Å²) in [7, 11) is 1.80. The quantitative estimate of drug-likeness (QED) is 0.760. The first-order valence-corrected chi connectivity index (χ1v) is 7.26. The average Bonchev–Trinajstić information content (AvgIpc) is 2.91. The van der Waals surface area contributed by atoms with Crippen molar-refractivity contribution >= 4 is 11.8 Å². The summed E-state index contributed by atoms with van der Waals surface area (Å²) < 4.78 is 5.59. The number of carbonyl (C=O) groups is 2. The molecule has 0 aliphatic carbocycles. The van der Waals surface area contributed by atoms with E-state index in [2.05, 4.69) is 0 Å². The van der Waals surface area contributed by atoms with Crippen LogP contribution in [0, 0.1) is 5.92 Å². The van der Waals surface area contributed by atoms with Gasteiger partial charge in [-0.3, -0.25) is 9.59 Å². The molecule has 0 aromatic carbocycles. The van der Waals surface area contributed by atoms with Crippen LogP contribution in [0.5, 0.6) is 0 Å². The molecule has 0 spiro atoms. The Morgan fingerprint density at radius 2 is 2.26 bits per heavy atom. The van der Waals surface area contributed by atoms with Gasteiger partial charge in [0.15, 0.2) is 0 Å². The molecule has 2 amide bonds. The van der Waals surface area contributed by atoms with Gasteiger partial charge in [-0.25, -0.2) is 0 Å². The van der Waals surface area contributed by atoms with Crippen LogP contribution in [0.4, 0.5) is 0 Å². The van der Waals surface area contributed by atoms with Crippen LogP contribution in [0.25, 0.3) is 0 Å². The number of piperidine rings is 1. The lowest BCUT2D eigenvalue weighted by Crippen LogP contribution is -2.45. The molecule has 0 radical (unpaired) electrons. The third kappa shape index (κ3) is 3.47. The molecule has 2 heterocycles. The van der Waals surface area contributed by atoms with Crippen LogP contribution in [0.15, 0.2) is 0 Å². The zero-order valence-corrected chi connectivity index (χ0v) is 11.9. The molecule has 0 aromatic rings. The summed E-state index contributed by atoms with van der Waals surface area (Å²) in [4.78, 5) is 27.7. The van der Waals surface area contributed by atoms with E-state index in [-0.39, 0.29) is 23.8 Å². The molecule has 2 aliphatic heterocycles. The van der Waals surface area contributed by atoms with Gasteiger partial charge in [0.1, 0.15) is 0 Å². The molecule has 2 saturated heterocycles. The van der Waals surface area contributed by atoms with Gasteiger partial charge >= 0.3 is 0 Å². The minimum atomic E-state index is -0.134. The van der Waals surface area contributed by atoms with E-state index in [0.717, 1.165) is 25.9 Å². The standard InChI is InChI=1S/C14H24N2O3/c1-3-16(10-12-5-4-8-19-12)14(18)11-6-7-15(2)13(17)9-11/h11-12H,3-10H2,1-2H3/t11-,12+/m1/s1. The SMILES string of the molecule is CCN(C[C@@H]1CCCO1)C(=O)[C@@H]1CCN(C)C(=O)C1. The topological polar surface area (TPSA) is 49.9 Å². The number of ether oxygens (including phenoxy) is 1. The summed E-state index contributed by atoms with van der Waals surface area (Å²) in [5.41, 5.74) is 0. The van der Waals surface area contributed by atoms with Gasteiger partial charge in [0, 0.05) is 45.6 Å². The van der Waals surface area contributed by atoms with Gasteiger partial charge in [-0.15, -0.1) is 0 Å². The van der Waals surface area contributed by atoms with E-state index in [9.17, 15) is 9.59 Å². The monoisotopic (exact) mass is 268 g/mol. The third-order valence-electron chi connectivity index (χ3n) is 4.15. The summed E-state index contributed by atoms with van der Waals surface area (Å²) in [6.45, 7) is 4.86. The minimum absolute atomic E-state index is 0.0813. The van der Waals surface area contributed by atoms with Gasteiger partial charge in [-0.2, -0.15) is 0 Å². The van der Waals surface area contributed by atoms with Crippen LogP contribution in [-0.4, -0.2) is 61.0 Å². The summed E-state index contributed by atoms with van der Waals surface area (Å²) in [6, 6.07) is 0. The van der Waals surface area contributed by atoms with E-state index < -0.39 is 0 Å². The first kappa shape index (κ1) is 14.3. The normalized spacial score (nSPS) is 27.7. The number of carbonyl (C=O) groups excluding carboxylic acids is 2. The smallest absolute Gasteiger partial charge is 0.226 e. The molecule has 2 aliphatic rings. The Morgan fingerprint density at radius 3 is 2.84 bits per heavy atom. The molecule has 19 heavy (non-hydrogen) atoms. The van der Waals surface area contributed by atoms with E-state index in [0.29, 0.717) is 26.1 Å². The Hall–Kier alpha value is -1.10. The Morgan fingerprint density at radius 1 is 1.47 bits per heavy atom. The fourth-order valence-corrected chi connectivity index (χ4v) is 2.82. The first-order valence-electron chi connectivity index (χ1n) is 7.26. The van der Waals surface area contributed by atoms with Crippen molar-refractivity contribution in [3.63, 3.8) is 0 Å². The van der Waals surface area contributed by atoms with Crippen LogP contribution >= 0.6 is 0 Å². The zero-order valence-electron chi connectivity index (χ0n) is 11.9. The Balaban J connectivity index is 1.90. The van der Waals surface area contributed by atoms with E-state index >= 15 is 0 Å². The zero-order chi connectivity index (χ0) is 13.8. The summed E-state index contributed by atoms with van der Waals surface area (Å²) >= 11 is 0. The molecular weight excluding hydrogens is 244 g/mol. The van der Waals surface area contributed by atoms with Crippen molar-refractivity contribution in [3.8, 4) is 0 Å². The van der Waals surface area contributed by atoms with Crippen molar-refractivity contribution in [1.82, 2.24) is 9.80 Å². The second kappa shape index (κ2) is 6.37. The second-order valence-corrected chi connectivity index (χ2v) is 5.52. The lowest BCUT2D eigenvalue weighted by Gasteiger charge is -2.32. The van der Waals surface area contributed by atoms with Crippen molar-refractivity contribution in [1.29, 1.82) is 0 Å². The Kier molecular flexibility index (Phi) is 4.80. The van der Waals surface area contributed by atoms with Crippen LogP contribution in [0.3, 0.4) is 0 Å². The van der Waals surface area contributed by atoms with Gasteiger partial charge < -0.3 is 14.5 Å². The predicted molar refractivity (Wildman–Crippen MR) is 71.6 cm³/mol. The number of likely N-dealkylation sites (tertiary alicyclic amines) is 1. The number of likely N-dealkylation sites (N-methyl/N-ethyl adjacent to an activating group) is 1. The first-order chi connectivity index (χ1) is 9.11. The molecule has 0 aromatic heterocycles. The fraction of sp³-hybridized carbons (Fsp3) is 0.857. The molecular formula is C14H24N2O3. The largest absolute Gasteiger partial charge is 0.376 e. The molecule has 0 saturated carbocycles. The Bertz CT molecular complexity index is 340. The van der Waals surface area contributed by atoms with Crippen molar-refractivity contribution < 1.29 is 14.3 Å². The molecule has 108 valence electrons. The van der Waals surface area contributed by atoms with Crippen molar-refractivity contribution in [2.24, 2.45) is 5.92 Å². The van der Waals surface area contributed by atoms with E-state index in [1.807, 2.05) is 11.8 Å². The molecule has 5 heteroatoms. The second-order valence-electron chi connectivity index (χ2n) is 5.52. The molecule has 0 bridgehead atoms. The van der Waals surface area contributed by atoms with Crippen molar-refractivity contribution in [3.05, 3.63) is 0 Å². The number of nitrogens with zero attached hydrogens (tertiary/aromatic N) is 2. The highest BCUT2D eigenvalue weighted by molar-refractivity contribution is 5.86. The van der Waals surface area contributed by atoms with Gasteiger partial charge in [-0.1, -0.05) is 0 Å². The maximum Gasteiger partial charge on any atom is 0.226 e. The molecule has 2 rings (SSSR count). The summed E-state index contributed by atoms with van der Waals surface area (Å²) in [5, 5.41) is 0. The van der Waals surface area contributed by atoms with Crippen LogP contribution in [0.1, 0.15) is 32.6 Å². The molecule has 2 fully saturated rings. The summed E-state index contributed by atoms with van der Waals surface area (Å²) in [5.74, 6) is 0.0715. The fourth-order valence-electron chi connectivity index (χ4n) is 2.82. The Labute approximate surface area is 114 Å². The van der Waals surface area contributed by atoms with E-state index in [4.69, 9.17) is 4.74 Å². The number of amides is 2.